The average molecular weight is 283 g/mol. The second-order valence-corrected chi connectivity index (χ2v) is 6.73. The molecule has 0 spiro atoms. The summed E-state index contributed by atoms with van der Waals surface area (Å²) in [7, 11) is 4.13. The molecule has 1 aliphatic heterocycles. The van der Waals surface area contributed by atoms with Crippen LogP contribution in [0.3, 0.4) is 0 Å². The van der Waals surface area contributed by atoms with Crippen molar-refractivity contribution >= 4 is 21.6 Å². The van der Waals surface area contributed by atoms with Crippen molar-refractivity contribution in [3.63, 3.8) is 0 Å². The Balaban J connectivity index is 2.31. The summed E-state index contributed by atoms with van der Waals surface area (Å²) in [4.78, 5) is 6.01. The molecule has 20 heavy (non-hydrogen) atoms. The summed E-state index contributed by atoms with van der Waals surface area (Å²) >= 11 is 1.83. The highest BCUT2D eigenvalue weighted by Gasteiger charge is 2.09. The van der Waals surface area contributed by atoms with Gasteiger partial charge < -0.3 is 0 Å². The molecule has 1 aromatic carbocycles. The highest BCUT2D eigenvalue weighted by Crippen LogP contribution is 2.31. The highest BCUT2D eigenvalue weighted by molar-refractivity contribution is 7.21. The molecule has 2 nitrogen and oxygen atoms in total. The van der Waals surface area contributed by atoms with Gasteiger partial charge >= 0.3 is 0 Å². The molecule has 0 unspecified atom stereocenters. The van der Waals surface area contributed by atoms with E-state index in [1.54, 1.807) is 0 Å². The molecule has 0 saturated heterocycles. The van der Waals surface area contributed by atoms with Crippen molar-refractivity contribution < 1.29 is 0 Å². The number of aromatic nitrogens is 1. The van der Waals surface area contributed by atoms with Crippen molar-refractivity contribution in [3.05, 3.63) is 47.3 Å². The Morgan fingerprint density at radius 3 is 2.55 bits per heavy atom. The first kappa shape index (κ1) is 13.3. The molecule has 0 saturated carbocycles. The van der Waals surface area contributed by atoms with E-state index in [0.29, 0.717) is 5.92 Å². The maximum Gasteiger partial charge on any atom is 0.201 e. The van der Waals surface area contributed by atoms with E-state index in [9.17, 15) is 0 Å². The van der Waals surface area contributed by atoms with Gasteiger partial charge in [0.1, 0.15) is 14.1 Å². The van der Waals surface area contributed by atoms with E-state index >= 15 is 0 Å². The fourth-order valence-electron chi connectivity index (χ4n) is 2.27. The molecule has 102 valence electrons. The second kappa shape index (κ2) is 4.98. The van der Waals surface area contributed by atoms with Crippen molar-refractivity contribution in [2.24, 2.45) is 0 Å². The zero-order chi connectivity index (χ0) is 14.3. The first-order chi connectivity index (χ1) is 9.54. The number of benzene rings is 2. The van der Waals surface area contributed by atoms with Crippen LogP contribution in [-0.4, -0.2) is 19.1 Å². The predicted octanol–water partition coefficient (Wildman–Crippen LogP) is 3.56. The van der Waals surface area contributed by atoms with Gasteiger partial charge in [0.2, 0.25) is 5.36 Å². The number of fused-ring (bicyclic) bond motifs is 2. The van der Waals surface area contributed by atoms with Crippen LogP contribution in [0.5, 0.6) is 0 Å². The lowest BCUT2D eigenvalue weighted by atomic mass is 10.0. The van der Waals surface area contributed by atoms with E-state index in [1.807, 2.05) is 11.3 Å². The molecule has 0 N–H and O–H groups in total. The predicted molar refractivity (Wildman–Crippen MR) is 87.4 cm³/mol. The van der Waals surface area contributed by atoms with E-state index in [-0.39, 0.29) is 0 Å². The summed E-state index contributed by atoms with van der Waals surface area (Å²) in [6.45, 7) is 4.45. The van der Waals surface area contributed by atoms with Gasteiger partial charge in [0.15, 0.2) is 0 Å². The van der Waals surface area contributed by atoms with E-state index in [4.69, 9.17) is 4.98 Å². The maximum atomic E-state index is 4.77. The van der Waals surface area contributed by atoms with E-state index in [2.05, 4.69) is 68.9 Å². The number of rotatable bonds is 1. The van der Waals surface area contributed by atoms with Gasteiger partial charge in [-0.25, -0.2) is 9.56 Å². The lowest BCUT2D eigenvalue weighted by Gasteiger charge is -2.09. The van der Waals surface area contributed by atoms with Gasteiger partial charge in [-0.05, 0) is 29.7 Å². The van der Waals surface area contributed by atoms with Crippen LogP contribution in [0.25, 0.3) is 20.8 Å². The molecule has 0 aromatic heterocycles. The van der Waals surface area contributed by atoms with Crippen LogP contribution in [-0.2, 0) is 0 Å². The SMILES string of the molecule is CC(C)c1ccc2nc3ccc(=[N+](C)C)cc-3sc2c1. The van der Waals surface area contributed by atoms with Crippen LogP contribution in [0.2, 0.25) is 0 Å². The largest absolute Gasteiger partial charge is 0.246 e. The Morgan fingerprint density at radius 2 is 1.85 bits per heavy atom. The van der Waals surface area contributed by atoms with Crippen molar-refractivity contribution in [3.8, 4) is 10.6 Å². The van der Waals surface area contributed by atoms with Gasteiger partial charge in [-0.2, -0.15) is 0 Å². The molecule has 1 aromatic rings. The Morgan fingerprint density at radius 1 is 1.05 bits per heavy atom. The molecule has 0 amide bonds. The topological polar surface area (TPSA) is 15.9 Å². The summed E-state index contributed by atoms with van der Waals surface area (Å²) in [5, 5.41) is 1.22. The number of hydrogen-bond donors (Lipinski definition) is 0. The normalized spacial score (nSPS) is 11.4. The third kappa shape index (κ3) is 2.34. The van der Waals surface area contributed by atoms with E-state index in [1.165, 1.54) is 20.5 Å². The molecule has 3 rings (SSSR count). The third-order valence-electron chi connectivity index (χ3n) is 3.57. The highest BCUT2D eigenvalue weighted by atomic mass is 32.1. The fourth-order valence-corrected chi connectivity index (χ4v) is 3.32. The minimum atomic E-state index is 0.551. The lowest BCUT2D eigenvalue weighted by molar-refractivity contribution is 0.814. The molecular formula is C17H19N2S+. The summed E-state index contributed by atoms with van der Waals surface area (Å²) in [6, 6.07) is 13.1. The van der Waals surface area contributed by atoms with Gasteiger partial charge in [-0.15, -0.1) is 11.3 Å². The quantitative estimate of drug-likeness (QED) is 0.492. The monoisotopic (exact) mass is 283 g/mol. The van der Waals surface area contributed by atoms with Crippen molar-refractivity contribution in [2.75, 3.05) is 14.1 Å². The third-order valence-corrected chi connectivity index (χ3v) is 4.66. The number of hydrogen-bond acceptors (Lipinski definition) is 2. The minimum Gasteiger partial charge on any atom is -0.246 e. The Hall–Kier alpha value is -1.74. The molecule has 0 radical (unpaired) electrons. The smallest absolute Gasteiger partial charge is 0.201 e. The molecule has 2 aliphatic rings. The van der Waals surface area contributed by atoms with Gasteiger partial charge in [-0.3, -0.25) is 0 Å². The average Bonchev–Trinajstić information content (AvgIpc) is 2.43. The van der Waals surface area contributed by atoms with Crippen LogP contribution in [0.1, 0.15) is 25.3 Å². The standard InChI is InChI=1S/C17H19N2S/c1-11(2)12-5-7-14-16(9-12)20-17-10-13(19(3)4)6-8-15(17)18-14/h5-11H,1-4H3/q+1. The van der Waals surface area contributed by atoms with E-state index < -0.39 is 0 Å². The zero-order valence-corrected chi connectivity index (χ0v) is 13.2. The summed E-state index contributed by atoms with van der Waals surface area (Å²) in [6.07, 6.45) is 0. The molecule has 0 bridgehead atoms. The first-order valence-electron chi connectivity index (χ1n) is 6.89. The maximum absolute atomic E-state index is 4.77. The summed E-state index contributed by atoms with van der Waals surface area (Å²) in [5.74, 6) is 0.551. The van der Waals surface area contributed by atoms with Crippen LogP contribution in [0.15, 0.2) is 36.4 Å². The zero-order valence-electron chi connectivity index (χ0n) is 12.3. The van der Waals surface area contributed by atoms with Crippen LogP contribution in [0, 0.1) is 0 Å². The van der Waals surface area contributed by atoms with Crippen molar-refractivity contribution in [1.82, 2.24) is 9.56 Å². The molecule has 1 aliphatic carbocycles. The molecule has 0 fully saturated rings. The minimum absolute atomic E-state index is 0.551. The second-order valence-electron chi connectivity index (χ2n) is 5.64. The van der Waals surface area contributed by atoms with Gasteiger partial charge in [0.25, 0.3) is 0 Å². The van der Waals surface area contributed by atoms with Gasteiger partial charge in [0.05, 0.1) is 20.8 Å². The van der Waals surface area contributed by atoms with Crippen LogP contribution in [0.4, 0.5) is 0 Å². The van der Waals surface area contributed by atoms with Crippen LogP contribution >= 0.6 is 11.3 Å². The van der Waals surface area contributed by atoms with Crippen molar-refractivity contribution in [2.45, 2.75) is 19.8 Å². The Bertz CT molecular complexity index is 811. The van der Waals surface area contributed by atoms with E-state index in [0.717, 1.165) is 11.2 Å². The summed E-state index contributed by atoms with van der Waals surface area (Å²) in [5.41, 5.74) is 3.54. The summed E-state index contributed by atoms with van der Waals surface area (Å²) < 4.78 is 3.39. The van der Waals surface area contributed by atoms with Gasteiger partial charge in [0, 0.05) is 12.1 Å². The Labute approximate surface area is 123 Å². The lowest BCUT2D eigenvalue weighted by Crippen LogP contribution is -2.21. The molecule has 1 heterocycles. The Kier molecular flexibility index (Phi) is 3.30. The first-order valence-corrected chi connectivity index (χ1v) is 7.71. The molecular weight excluding hydrogens is 264 g/mol. The van der Waals surface area contributed by atoms with Crippen molar-refractivity contribution in [1.29, 1.82) is 0 Å². The van der Waals surface area contributed by atoms with Crippen LogP contribution < -0.4 is 9.93 Å². The molecule has 0 atom stereocenters. The molecule has 3 heteroatoms. The van der Waals surface area contributed by atoms with Gasteiger partial charge in [-0.1, -0.05) is 19.9 Å². The fraction of sp³-hybridized carbons (Fsp3) is 0.294. The number of nitrogens with zero attached hydrogens (tertiary/aromatic N) is 2.